The third-order valence-corrected chi connectivity index (χ3v) is 3.61. The Hall–Kier alpha value is -1.32. The number of rotatable bonds is 3. The van der Waals surface area contributed by atoms with E-state index >= 15 is 0 Å². The van der Waals surface area contributed by atoms with Crippen molar-refractivity contribution in [1.82, 2.24) is 9.78 Å². The third kappa shape index (κ3) is 2.16. The first-order valence-corrected chi connectivity index (χ1v) is 6.56. The largest absolute Gasteiger partial charge is 0.389 e. The van der Waals surface area contributed by atoms with E-state index < -0.39 is 6.10 Å². The van der Waals surface area contributed by atoms with Crippen LogP contribution in [-0.2, 0) is 0 Å². The van der Waals surface area contributed by atoms with E-state index in [1.165, 1.54) is 12.8 Å². The van der Waals surface area contributed by atoms with Crippen molar-refractivity contribution in [3.8, 4) is 5.69 Å². The summed E-state index contributed by atoms with van der Waals surface area (Å²) in [6, 6.07) is 7.62. The molecule has 0 unspecified atom stereocenters. The molecule has 0 radical (unpaired) electrons. The maximum absolute atomic E-state index is 9.51. The van der Waals surface area contributed by atoms with E-state index in [1.54, 1.807) is 13.0 Å². The zero-order valence-electron chi connectivity index (χ0n) is 10.2. The van der Waals surface area contributed by atoms with Gasteiger partial charge in [0, 0.05) is 12.1 Å². The van der Waals surface area contributed by atoms with Gasteiger partial charge in [0.15, 0.2) is 0 Å². The Kier molecular flexibility index (Phi) is 2.88. The number of halogens is 1. The quantitative estimate of drug-likeness (QED) is 0.920. The maximum Gasteiger partial charge on any atom is 0.0832 e. The molecule has 1 aromatic heterocycles. The first-order valence-electron chi connectivity index (χ1n) is 6.18. The lowest BCUT2D eigenvalue weighted by Crippen LogP contribution is -1.99. The van der Waals surface area contributed by atoms with Crippen molar-refractivity contribution < 1.29 is 5.11 Å². The van der Waals surface area contributed by atoms with Crippen molar-refractivity contribution in [3.63, 3.8) is 0 Å². The van der Waals surface area contributed by atoms with Gasteiger partial charge in [-0.2, -0.15) is 5.10 Å². The number of nitrogens with zero attached hydrogens (tertiary/aromatic N) is 2. The van der Waals surface area contributed by atoms with E-state index in [2.05, 4.69) is 11.2 Å². The fourth-order valence-corrected chi connectivity index (χ4v) is 2.31. The maximum atomic E-state index is 9.51. The smallest absolute Gasteiger partial charge is 0.0832 e. The van der Waals surface area contributed by atoms with Gasteiger partial charge in [0.05, 0.1) is 22.5 Å². The molecule has 94 valence electrons. The molecule has 18 heavy (non-hydrogen) atoms. The first kappa shape index (κ1) is 11.8. The van der Waals surface area contributed by atoms with Gasteiger partial charge in [0.1, 0.15) is 0 Å². The number of aliphatic hydroxyl groups excluding tert-OH is 1. The fraction of sp³-hybridized carbons (Fsp3) is 0.357. The van der Waals surface area contributed by atoms with Gasteiger partial charge in [-0.3, -0.25) is 0 Å². The van der Waals surface area contributed by atoms with Crippen LogP contribution in [0, 0.1) is 0 Å². The molecule has 0 spiro atoms. The van der Waals surface area contributed by atoms with Crippen LogP contribution in [0.1, 0.15) is 43.0 Å². The molecule has 2 aromatic rings. The zero-order chi connectivity index (χ0) is 12.7. The van der Waals surface area contributed by atoms with Crippen LogP contribution >= 0.6 is 11.6 Å². The highest BCUT2D eigenvalue weighted by Crippen LogP contribution is 2.39. The van der Waals surface area contributed by atoms with E-state index in [0.717, 1.165) is 16.9 Å². The van der Waals surface area contributed by atoms with Gasteiger partial charge in [-0.05, 0) is 43.5 Å². The minimum absolute atomic E-state index is 0.504. The Morgan fingerprint density at radius 2 is 2.17 bits per heavy atom. The molecule has 0 aliphatic heterocycles. The monoisotopic (exact) mass is 262 g/mol. The average Bonchev–Trinajstić information content (AvgIpc) is 3.08. The van der Waals surface area contributed by atoms with Crippen molar-refractivity contribution in [2.24, 2.45) is 0 Å². The van der Waals surface area contributed by atoms with Crippen LogP contribution in [0.2, 0.25) is 5.02 Å². The normalized spacial score (nSPS) is 16.8. The van der Waals surface area contributed by atoms with Crippen molar-refractivity contribution in [2.45, 2.75) is 31.8 Å². The van der Waals surface area contributed by atoms with Crippen LogP contribution in [0.5, 0.6) is 0 Å². The summed E-state index contributed by atoms with van der Waals surface area (Å²) in [5, 5.41) is 14.7. The fourth-order valence-electron chi connectivity index (χ4n) is 2.04. The van der Waals surface area contributed by atoms with E-state index in [-0.39, 0.29) is 0 Å². The lowest BCUT2D eigenvalue weighted by atomic mass is 10.1. The van der Waals surface area contributed by atoms with Crippen LogP contribution in [0.25, 0.3) is 5.69 Å². The lowest BCUT2D eigenvalue weighted by Gasteiger charge is -2.09. The average molecular weight is 263 g/mol. The molecule has 1 aromatic carbocycles. The zero-order valence-corrected chi connectivity index (χ0v) is 10.9. The molecular formula is C14H15ClN2O. The highest BCUT2D eigenvalue weighted by atomic mass is 35.5. The molecule has 1 fully saturated rings. The van der Waals surface area contributed by atoms with Gasteiger partial charge in [-0.15, -0.1) is 0 Å². The minimum atomic E-state index is -0.504. The summed E-state index contributed by atoms with van der Waals surface area (Å²) in [6.07, 6.45) is 3.92. The second-order valence-corrected chi connectivity index (χ2v) is 5.25. The standard InChI is InChI=1S/C14H15ClN2O/c1-9(18)11-4-5-14(12(15)8-11)17-7-6-13(16-17)10-2-3-10/h4-10,18H,2-3H2,1H3/t9-/m0/s1. The summed E-state index contributed by atoms with van der Waals surface area (Å²) in [5.74, 6) is 0.641. The van der Waals surface area contributed by atoms with Gasteiger partial charge in [0.2, 0.25) is 0 Å². The molecule has 0 saturated heterocycles. The molecule has 1 saturated carbocycles. The van der Waals surface area contributed by atoms with Crippen molar-refractivity contribution in [1.29, 1.82) is 0 Å². The minimum Gasteiger partial charge on any atom is -0.389 e. The van der Waals surface area contributed by atoms with E-state index in [1.807, 2.05) is 23.0 Å². The Morgan fingerprint density at radius 1 is 1.39 bits per heavy atom. The molecule has 1 N–H and O–H groups in total. The third-order valence-electron chi connectivity index (χ3n) is 3.31. The van der Waals surface area contributed by atoms with E-state index in [4.69, 9.17) is 11.6 Å². The second kappa shape index (κ2) is 4.41. The highest BCUT2D eigenvalue weighted by molar-refractivity contribution is 6.32. The molecule has 3 rings (SSSR count). The summed E-state index contributed by atoms with van der Waals surface area (Å²) in [5.41, 5.74) is 2.82. The second-order valence-electron chi connectivity index (χ2n) is 4.85. The highest BCUT2D eigenvalue weighted by Gasteiger charge is 2.26. The molecule has 3 nitrogen and oxygen atoms in total. The number of hydrogen-bond acceptors (Lipinski definition) is 2. The van der Waals surface area contributed by atoms with Gasteiger partial charge >= 0.3 is 0 Å². The first-order chi connectivity index (χ1) is 8.65. The number of aromatic nitrogens is 2. The van der Waals surface area contributed by atoms with Gasteiger partial charge in [-0.25, -0.2) is 4.68 Å². The Balaban J connectivity index is 1.94. The lowest BCUT2D eigenvalue weighted by molar-refractivity contribution is 0.199. The van der Waals surface area contributed by atoms with Crippen LogP contribution in [-0.4, -0.2) is 14.9 Å². The summed E-state index contributed by atoms with van der Waals surface area (Å²) in [7, 11) is 0. The van der Waals surface area contributed by atoms with Crippen LogP contribution < -0.4 is 0 Å². The Labute approximate surface area is 111 Å². The van der Waals surface area contributed by atoms with Gasteiger partial charge in [0.25, 0.3) is 0 Å². The SMILES string of the molecule is C[C@H](O)c1ccc(-n2ccc(C3CC3)n2)c(Cl)c1. The summed E-state index contributed by atoms with van der Waals surface area (Å²) in [6.45, 7) is 1.73. The van der Waals surface area contributed by atoms with Crippen LogP contribution in [0.4, 0.5) is 0 Å². The van der Waals surface area contributed by atoms with E-state index in [9.17, 15) is 5.11 Å². The molecular weight excluding hydrogens is 248 g/mol. The molecule has 0 bridgehead atoms. The van der Waals surface area contributed by atoms with Crippen LogP contribution in [0.15, 0.2) is 30.5 Å². The summed E-state index contributed by atoms with van der Waals surface area (Å²) >= 11 is 6.24. The topological polar surface area (TPSA) is 38.0 Å². The summed E-state index contributed by atoms with van der Waals surface area (Å²) in [4.78, 5) is 0. The number of hydrogen-bond donors (Lipinski definition) is 1. The summed E-state index contributed by atoms with van der Waals surface area (Å²) < 4.78 is 1.81. The molecule has 0 amide bonds. The van der Waals surface area contributed by atoms with Crippen molar-refractivity contribution in [3.05, 3.63) is 46.7 Å². The van der Waals surface area contributed by atoms with Crippen molar-refractivity contribution >= 4 is 11.6 Å². The predicted molar refractivity (Wildman–Crippen MR) is 71.2 cm³/mol. The molecule has 1 heterocycles. The van der Waals surface area contributed by atoms with E-state index in [0.29, 0.717) is 10.9 Å². The molecule has 4 heteroatoms. The predicted octanol–water partition coefficient (Wildman–Crippen LogP) is 3.46. The van der Waals surface area contributed by atoms with Gasteiger partial charge < -0.3 is 5.11 Å². The molecule has 1 atom stereocenters. The molecule has 1 aliphatic rings. The Morgan fingerprint density at radius 3 is 2.78 bits per heavy atom. The van der Waals surface area contributed by atoms with Crippen LogP contribution in [0.3, 0.4) is 0 Å². The van der Waals surface area contributed by atoms with Crippen molar-refractivity contribution in [2.75, 3.05) is 0 Å². The number of benzene rings is 1. The molecule has 1 aliphatic carbocycles. The Bertz CT molecular complexity index is 573. The van der Waals surface area contributed by atoms with Gasteiger partial charge in [-0.1, -0.05) is 17.7 Å². The number of aliphatic hydroxyl groups is 1.